The molecule has 8 heteroatoms. The van der Waals surface area contributed by atoms with Crippen LogP contribution in [0, 0.1) is 5.41 Å². The monoisotopic (exact) mass is 425 g/mol. The van der Waals surface area contributed by atoms with Crippen LogP contribution in [0.25, 0.3) is 0 Å². The van der Waals surface area contributed by atoms with E-state index in [1.54, 1.807) is 0 Å². The Morgan fingerprint density at radius 1 is 1.20 bits per heavy atom. The number of ether oxygens (including phenoxy) is 2. The fraction of sp³-hybridized carbons (Fsp3) is 0.409. The molecule has 0 bridgehead atoms. The number of aromatic amines is 1. The molecule has 3 aliphatic rings. The van der Waals surface area contributed by atoms with E-state index in [0.29, 0.717) is 40.0 Å². The topological polar surface area (TPSA) is 93.3 Å². The molecule has 0 amide bonds. The molecular formula is C22H23N3O4S. The van der Waals surface area contributed by atoms with E-state index in [9.17, 15) is 9.59 Å². The molecule has 7 nitrogen and oxygen atoms in total. The molecule has 2 aliphatic heterocycles. The number of thioether (sulfide) groups is 1. The van der Waals surface area contributed by atoms with Crippen LogP contribution in [0.3, 0.4) is 0 Å². The molecule has 2 aromatic rings. The third kappa shape index (κ3) is 3.10. The van der Waals surface area contributed by atoms with Crippen LogP contribution < -0.4 is 20.3 Å². The van der Waals surface area contributed by atoms with Crippen LogP contribution in [0.5, 0.6) is 11.5 Å². The fourth-order valence-electron chi connectivity index (χ4n) is 4.52. The van der Waals surface area contributed by atoms with Crippen LogP contribution in [0.2, 0.25) is 0 Å². The van der Waals surface area contributed by atoms with Gasteiger partial charge in [-0.3, -0.25) is 9.59 Å². The van der Waals surface area contributed by atoms with Gasteiger partial charge in [-0.05, 0) is 35.3 Å². The lowest BCUT2D eigenvalue weighted by Gasteiger charge is -2.38. The van der Waals surface area contributed by atoms with E-state index >= 15 is 0 Å². The zero-order valence-corrected chi connectivity index (χ0v) is 17.9. The molecule has 0 saturated carbocycles. The highest BCUT2D eigenvalue weighted by Crippen LogP contribution is 2.48. The summed E-state index contributed by atoms with van der Waals surface area (Å²) >= 11 is 1.48. The second-order valence-electron chi connectivity index (χ2n) is 8.57. The summed E-state index contributed by atoms with van der Waals surface area (Å²) in [5, 5.41) is 3.91. The second-order valence-corrected chi connectivity index (χ2v) is 9.82. The van der Waals surface area contributed by atoms with Crippen LogP contribution >= 0.6 is 11.8 Å². The molecule has 1 atom stereocenters. The predicted molar refractivity (Wildman–Crippen MR) is 114 cm³/mol. The molecule has 1 aliphatic carbocycles. The van der Waals surface area contributed by atoms with Crippen molar-refractivity contribution in [2.45, 2.75) is 44.7 Å². The molecule has 0 fully saturated rings. The zero-order valence-electron chi connectivity index (χ0n) is 17.1. The molecular weight excluding hydrogens is 402 g/mol. The van der Waals surface area contributed by atoms with Gasteiger partial charge in [-0.15, -0.1) is 0 Å². The number of carbonyl (C=O) groups is 1. The summed E-state index contributed by atoms with van der Waals surface area (Å²) in [5.74, 6) is 2.19. The van der Waals surface area contributed by atoms with E-state index < -0.39 is 5.92 Å². The highest BCUT2D eigenvalue weighted by molar-refractivity contribution is 7.99. The summed E-state index contributed by atoms with van der Waals surface area (Å²) in [7, 11) is 0. The number of hydrogen-bond donors (Lipinski definition) is 2. The van der Waals surface area contributed by atoms with Crippen LogP contribution in [-0.4, -0.2) is 28.3 Å². The van der Waals surface area contributed by atoms with Crippen molar-refractivity contribution >= 4 is 23.4 Å². The fourth-order valence-corrected chi connectivity index (χ4v) is 5.12. The van der Waals surface area contributed by atoms with Gasteiger partial charge in [0.05, 0.1) is 5.56 Å². The van der Waals surface area contributed by atoms with Gasteiger partial charge in [0.15, 0.2) is 22.4 Å². The van der Waals surface area contributed by atoms with Gasteiger partial charge in [0.2, 0.25) is 6.79 Å². The van der Waals surface area contributed by atoms with Crippen LogP contribution in [0.15, 0.2) is 39.4 Å². The molecule has 156 valence electrons. The Kier molecular flexibility index (Phi) is 4.43. The Labute approximate surface area is 178 Å². The van der Waals surface area contributed by atoms with Crippen LogP contribution in [0.1, 0.15) is 50.7 Å². The lowest BCUT2D eigenvalue weighted by atomic mass is 9.69. The normalized spacial score (nSPS) is 21.2. The number of rotatable bonds is 3. The van der Waals surface area contributed by atoms with Gasteiger partial charge in [-0.1, -0.05) is 38.6 Å². The first-order valence-electron chi connectivity index (χ1n) is 10.1. The molecule has 0 radical (unpaired) electrons. The lowest BCUT2D eigenvalue weighted by Crippen LogP contribution is -2.37. The summed E-state index contributed by atoms with van der Waals surface area (Å²) in [6.07, 6.45) is 1.16. The van der Waals surface area contributed by atoms with Crippen molar-refractivity contribution in [2.24, 2.45) is 5.41 Å². The van der Waals surface area contributed by atoms with E-state index in [2.05, 4.69) is 29.1 Å². The van der Waals surface area contributed by atoms with Gasteiger partial charge in [-0.2, -0.15) is 0 Å². The summed E-state index contributed by atoms with van der Waals surface area (Å²) in [6, 6.07) is 5.60. The molecule has 0 saturated heterocycles. The van der Waals surface area contributed by atoms with Crippen molar-refractivity contribution < 1.29 is 14.3 Å². The van der Waals surface area contributed by atoms with E-state index in [-0.39, 0.29) is 23.6 Å². The number of ketones is 1. The van der Waals surface area contributed by atoms with Crippen molar-refractivity contribution in [1.82, 2.24) is 9.97 Å². The Hall–Kier alpha value is -2.74. The molecule has 5 rings (SSSR count). The first kappa shape index (κ1) is 19.2. The van der Waals surface area contributed by atoms with Crippen LogP contribution in [0.4, 0.5) is 5.82 Å². The molecule has 1 aromatic heterocycles. The van der Waals surface area contributed by atoms with E-state index in [4.69, 9.17) is 9.47 Å². The lowest BCUT2D eigenvalue weighted by molar-refractivity contribution is -0.118. The average molecular weight is 426 g/mol. The summed E-state index contributed by atoms with van der Waals surface area (Å²) in [5.41, 5.74) is 2.44. The average Bonchev–Trinajstić information content (AvgIpc) is 3.13. The van der Waals surface area contributed by atoms with Crippen LogP contribution in [-0.2, 0) is 4.79 Å². The molecule has 3 heterocycles. The van der Waals surface area contributed by atoms with Gasteiger partial charge in [0.1, 0.15) is 5.82 Å². The number of anilines is 1. The molecule has 0 spiro atoms. The number of benzene rings is 1. The highest BCUT2D eigenvalue weighted by atomic mass is 32.2. The van der Waals surface area contributed by atoms with E-state index in [1.807, 2.05) is 25.1 Å². The Morgan fingerprint density at radius 2 is 2.00 bits per heavy atom. The minimum atomic E-state index is -0.494. The number of H-pyrrole nitrogens is 1. The standard InChI is InChI=1S/C22H23N3O4S/c1-4-30-21-24-19-18(20(27)25-21)16(11-5-6-14-15(7-11)29-10-28-14)17-12(23-19)8-22(2,3)9-13(17)26/h5-7,16H,4,8-10H2,1-3H3,(H2,23,24,25,27). The Morgan fingerprint density at radius 3 is 2.80 bits per heavy atom. The van der Waals surface area contributed by atoms with Crippen molar-refractivity contribution in [3.05, 3.63) is 50.9 Å². The van der Waals surface area contributed by atoms with E-state index in [1.165, 1.54) is 11.8 Å². The number of nitrogens with zero attached hydrogens (tertiary/aromatic N) is 1. The van der Waals surface area contributed by atoms with Gasteiger partial charge >= 0.3 is 0 Å². The summed E-state index contributed by atoms with van der Waals surface area (Å²) in [4.78, 5) is 34.0. The maximum atomic E-state index is 13.3. The third-order valence-corrected chi connectivity index (χ3v) is 6.47. The molecule has 1 aromatic carbocycles. The zero-order chi connectivity index (χ0) is 21.0. The number of fused-ring (bicyclic) bond motifs is 2. The Bertz CT molecular complexity index is 1150. The summed E-state index contributed by atoms with van der Waals surface area (Å²) < 4.78 is 11.0. The minimum absolute atomic E-state index is 0.0634. The SMILES string of the molecule is CCSc1nc2c(c(=O)[nH]1)C(c1ccc3c(c1)OCO3)C1=C(CC(C)(C)CC1=O)N2. The third-order valence-electron chi connectivity index (χ3n) is 5.71. The number of allylic oxidation sites excluding steroid dienone is 2. The van der Waals surface area contributed by atoms with Crippen molar-refractivity contribution in [3.63, 3.8) is 0 Å². The highest BCUT2D eigenvalue weighted by Gasteiger charge is 2.42. The van der Waals surface area contributed by atoms with Crippen molar-refractivity contribution in [1.29, 1.82) is 0 Å². The molecule has 1 unspecified atom stereocenters. The van der Waals surface area contributed by atoms with E-state index in [0.717, 1.165) is 23.4 Å². The van der Waals surface area contributed by atoms with Crippen molar-refractivity contribution in [2.75, 3.05) is 17.9 Å². The van der Waals surface area contributed by atoms with Gasteiger partial charge < -0.3 is 19.8 Å². The predicted octanol–water partition coefficient (Wildman–Crippen LogP) is 3.81. The van der Waals surface area contributed by atoms with Crippen molar-refractivity contribution in [3.8, 4) is 11.5 Å². The largest absolute Gasteiger partial charge is 0.454 e. The second kappa shape index (κ2) is 6.91. The maximum absolute atomic E-state index is 13.3. The summed E-state index contributed by atoms with van der Waals surface area (Å²) in [6.45, 7) is 6.36. The van der Waals surface area contributed by atoms with Gasteiger partial charge in [0, 0.05) is 23.6 Å². The number of nitrogens with one attached hydrogen (secondary N) is 2. The minimum Gasteiger partial charge on any atom is -0.454 e. The smallest absolute Gasteiger partial charge is 0.257 e. The number of hydrogen-bond acceptors (Lipinski definition) is 7. The number of Topliss-reactive ketones (excluding diaryl/α,β-unsaturated/α-hetero) is 1. The number of aromatic nitrogens is 2. The molecule has 2 N–H and O–H groups in total. The first-order valence-corrected chi connectivity index (χ1v) is 11.0. The number of carbonyl (C=O) groups excluding carboxylic acids is 1. The first-order chi connectivity index (χ1) is 14.4. The van der Waals surface area contributed by atoms with Gasteiger partial charge in [0.25, 0.3) is 5.56 Å². The quantitative estimate of drug-likeness (QED) is 0.570. The van der Waals surface area contributed by atoms with Gasteiger partial charge in [-0.25, -0.2) is 4.98 Å². The molecule has 30 heavy (non-hydrogen) atoms. The Balaban J connectivity index is 1.73. The maximum Gasteiger partial charge on any atom is 0.257 e.